The molecule has 0 amide bonds. The zero-order valence-electron chi connectivity index (χ0n) is 8.16. The van der Waals surface area contributed by atoms with Crippen LogP contribution in [0.5, 0.6) is 0 Å². The van der Waals surface area contributed by atoms with Crippen LogP contribution in [0.15, 0.2) is 0 Å². The van der Waals surface area contributed by atoms with Crippen molar-refractivity contribution in [1.82, 2.24) is 0 Å². The van der Waals surface area contributed by atoms with Crippen LogP contribution in [-0.4, -0.2) is 24.6 Å². The number of hydrogen-bond donors (Lipinski definition) is 1. The lowest BCUT2D eigenvalue weighted by Gasteiger charge is -2.18. The molecule has 0 bridgehead atoms. The molecular weight excluding hydrogens is 224 g/mol. The SMILES string of the molecule is CC(SC(=S)SC(C)(C)C)C(=O)O. The van der Waals surface area contributed by atoms with Gasteiger partial charge in [-0.15, -0.1) is 11.8 Å². The molecule has 0 saturated heterocycles. The molecule has 0 aromatic rings. The Hall–Kier alpha value is 0.260. The second-order valence-corrected chi connectivity index (χ2v) is 7.93. The highest BCUT2D eigenvalue weighted by Gasteiger charge is 2.19. The summed E-state index contributed by atoms with van der Waals surface area (Å²) in [7, 11) is 0. The average Bonchev–Trinajstić information content (AvgIpc) is 1.81. The minimum absolute atomic E-state index is 0.0578. The Morgan fingerprint density at radius 1 is 1.46 bits per heavy atom. The highest BCUT2D eigenvalue weighted by atomic mass is 32.2. The Morgan fingerprint density at radius 3 is 2.23 bits per heavy atom. The van der Waals surface area contributed by atoms with Gasteiger partial charge < -0.3 is 5.11 Å². The lowest BCUT2D eigenvalue weighted by molar-refractivity contribution is -0.136. The predicted octanol–water partition coefficient (Wildman–Crippen LogP) is 3.01. The molecule has 0 aromatic heterocycles. The van der Waals surface area contributed by atoms with E-state index in [1.54, 1.807) is 6.92 Å². The zero-order chi connectivity index (χ0) is 10.6. The van der Waals surface area contributed by atoms with Crippen LogP contribution >= 0.6 is 35.7 Å². The van der Waals surface area contributed by atoms with Gasteiger partial charge in [-0.05, 0) is 6.92 Å². The fraction of sp³-hybridized carbons (Fsp3) is 0.750. The molecule has 0 spiro atoms. The first kappa shape index (κ1) is 13.3. The van der Waals surface area contributed by atoms with Gasteiger partial charge in [0.25, 0.3) is 0 Å². The molecule has 0 rings (SSSR count). The van der Waals surface area contributed by atoms with Crippen molar-refractivity contribution in [2.45, 2.75) is 37.7 Å². The summed E-state index contributed by atoms with van der Waals surface area (Å²) in [4.78, 5) is 10.5. The van der Waals surface area contributed by atoms with Crippen LogP contribution in [0.2, 0.25) is 0 Å². The normalized spacial score (nSPS) is 13.8. The van der Waals surface area contributed by atoms with Crippen LogP contribution in [0, 0.1) is 0 Å². The quantitative estimate of drug-likeness (QED) is 0.749. The van der Waals surface area contributed by atoms with Gasteiger partial charge in [-0.25, -0.2) is 0 Å². The van der Waals surface area contributed by atoms with Crippen molar-refractivity contribution in [2.75, 3.05) is 0 Å². The number of carbonyl (C=O) groups is 1. The average molecular weight is 238 g/mol. The van der Waals surface area contributed by atoms with E-state index in [0.717, 1.165) is 0 Å². The van der Waals surface area contributed by atoms with Gasteiger partial charge in [0.2, 0.25) is 0 Å². The lowest BCUT2D eigenvalue weighted by Crippen LogP contribution is -2.15. The van der Waals surface area contributed by atoms with Gasteiger partial charge in [0.05, 0.1) is 0 Å². The molecule has 2 nitrogen and oxygen atoms in total. The molecule has 5 heteroatoms. The number of carboxylic acid groups (broad SMARTS) is 1. The first-order valence-electron chi connectivity index (χ1n) is 3.85. The summed E-state index contributed by atoms with van der Waals surface area (Å²) >= 11 is 7.82. The molecule has 0 aromatic carbocycles. The molecule has 0 aliphatic rings. The molecule has 0 heterocycles. The number of thiocarbonyl (C=S) groups is 1. The number of carboxylic acids is 1. The third-order valence-electron chi connectivity index (χ3n) is 1.01. The maximum Gasteiger partial charge on any atom is 0.316 e. The second-order valence-electron chi connectivity index (χ2n) is 3.56. The molecule has 0 fully saturated rings. The van der Waals surface area contributed by atoms with E-state index in [-0.39, 0.29) is 4.75 Å². The Morgan fingerprint density at radius 2 is 1.92 bits per heavy atom. The molecule has 0 radical (unpaired) electrons. The maximum absolute atomic E-state index is 10.5. The Bertz CT molecular complexity index is 208. The van der Waals surface area contributed by atoms with Crippen LogP contribution in [0.4, 0.5) is 0 Å². The van der Waals surface area contributed by atoms with Crippen molar-refractivity contribution in [2.24, 2.45) is 0 Å². The van der Waals surface area contributed by atoms with E-state index in [0.29, 0.717) is 3.53 Å². The first-order chi connectivity index (χ1) is 5.72. The van der Waals surface area contributed by atoms with E-state index in [1.165, 1.54) is 23.5 Å². The van der Waals surface area contributed by atoms with Crippen molar-refractivity contribution >= 4 is 45.2 Å². The standard InChI is InChI=1S/C8H14O2S3/c1-5(6(9)10)12-7(11)13-8(2,3)4/h5H,1-4H3,(H,9,10). The van der Waals surface area contributed by atoms with E-state index in [2.05, 4.69) is 20.8 Å². The summed E-state index contributed by atoms with van der Waals surface area (Å²) in [5.41, 5.74) is 0. The van der Waals surface area contributed by atoms with E-state index < -0.39 is 11.2 Å². The minimum Gasteiger partial charge on any atom is -0.480 e. The van der Waals surface area contributed by atoms with Gasteiger partial charge >= 0.3 is 5.97 Å². The molecule has 1 atom stereocenters. The van der Waals surface area contributed by atoms with Gasteiger partial charge in [0.1, 0.15) is 8.78 Å². The molecule has 1 unspecified atom stereocenters. The highest BCUT2D eigenvalue weighted by Crippen LogP contribution is 2.31. The maximum atomic E-state index is 10.5. The number of rotatable bonds is 2. The summed E-state index contributed by atoms with van der Waals surface area (Å²) in [6, 6.07) is 0. The van der Waals surface area contributed by atoms with Crippen molar-refractivity contribution < 1.29 is 9.90 Å². The van der Waals surface area contributed by atoms with Gasteiger partial charge in [-0.2, -0.15) is 0 Å². The molecule has 13 heavy (non-hydrogen) atoms. The van der Waals surface area contributed by atoms with Crippen molar-refractivity contribution in [3.05, 3.63) is 0 Å². The topological polar surface area (TPSA) is 37.3 Å². The Kier molecular flexibility index (Phi) is 5.32. The number of aliphatic carboxylic acids is 1. The summed E-state index contributed by atoms with van der Waals surface area (Å²) in [5, 5.41) is 8.18. The second kappa shape index (κ2) is 5.22. The van der Waals surface area contributed by atoms with Crippen molar-refractivity contribution in [1.29, 1.82) is 0 Å². The fourth-order valence-electron chi connectivity index (χ4n) is 0.469. The van der Waals surface area contributed by atoms with Crippen molar-refractivity contribution in [3.63, 3.8) is 0 Å². The largest absolute Gasteiger partial charge is 0.480 e. The lowest BCUT2D eigenvalue weighted by atomic mass is 10.3. The summed E-state index contributed by atoms with van der Waals surface area (Å²) < 4.78 is 0.755. The Balaban J connectivity index is 3.96. The highest BCUT2D eigenvalue weighted by molar-refractivity contribution is 8.47. The van der Waals surface area contributed by atoms with E-state index in [1.807, 2.05) is 0 Å². The Labute approximate surface area is 92.9 Å². The summed E-state index contributed by atoms with van der Waals surface area (Å²) in [6.45, 7) is 7.80. The van der Waals surface area contributed by atoms with Crippen LogP contribution < -0.4 is 0 Å². The summed E-state index contributed by atoms with van der Waals surface area (Å²) in [6.07, 6.45) is 0. The molecular formula is C8H14O2S3. The zero-order valence-corrected chi connectivity index (χ0v) is 10.6. The van der Waals surface area contributed by atoms with Crippen LogP contribution in [0.1, 0.15) is 27.7 Å². The van der Waals surface area contributed by atoms with Crippen LogP contribution in [-0.2, 0) is 4.79 Å². The van der Waals surface area contributed by atoms with Crippen LogP contribution in [0.25, 0.3) is 0 Å². The van der Waals surface area contributed by atoms with E-state index in [4.69, 9.17) is 17.3 Å². The first-order valence-corrected chi connectivity index (χ1v) is 5.95. The van der Waals surface area contributed by atoms with Gasteiger partial charge in [-0.1, -0.05) is 44.8 Å². The van der Waals surface area contributed by atoms with Crippen molar-refractivity contribution in [3.8, 4) is 0 Å². The molecule has 1 N–H and O–H groups in total. The minimum atomic E-state index is -0.818. The number of thioether (sulfide) groups is 2. The molecule has 0 aliphatic heterocycles. The fourth-order valence-corrected chi connectivity index (χ4v) is 3.92. The molecule has 0 aliphatic carbocycles. The van der Waals surface area contributed by atoms with Gasteiger partial charge in [-0.3, -0.25) is 4.79 Å². The van der Waals surface area contributed by atoms with Crippen LogP contribution in [0.3, 0.4) is 0 Å². The predicted molar refractivity (Wildman–Crippen MR) is 64.6 cm³/mol. The summed E-state index contributed by atoms with van der Waals surface area (Å²) in [5.74, 6) is -0.818. The van der Waals surface area contributed by atoms with Gasteiger partial charge in [0, 0.05) is 4.75 Å². The molecule has 76 valence electrons. The van der Waals surface area contributed by atoms with Gasteiger partial charge in [0.15, 0.2) is 0 Å². The number of hydrogen-bond acceptors (Lipinski definition) is 4. The molecule has 0 saturated carbocycles. The monoisotopic (exact) mass is 238 g/mol. The van der Waals surface area contributed by atoms with E-state index >= 15 is 0 Å². The smallest absolute Gasteiger partial charge is 0.316 e. The third kappa shape index (κ3) is 7.34. The third-order valence-corrected chi connectivity index (χ3v) is 3.61. The van der Waals surface area contributed by atoms with E-state index in [9.17, 15) is 4.79 Å².